The van der Waals surface area contributed by atoms with Crippen LogP contribution in [0.1, 0.15) is 6.92 Å². The van der Waals surface area contributed by atoms with Crippen LogP contribution in [0.25, 0.3) is 5.69 Å². The van der Waals surface area contributed by atoms with Crippen LogP contribution in [0.3, 0.4) is 0 Å². The van der Waals surface area contributed by atoms with Crippen molar-refractivity contribution in [2.45, 2.75) is 12.1 Å². The second-order valence-electron chi connectivity index (χ2n) is 3.22. The molecule has 0 aliphatic rings. The molecule has 0 amide bonds. The second kappa shape index (κ2) is 4.05. The molecular weight excluding hydrogens is 226 g/mol. The van der Waals surface area contributed by atoms with Crippen LogP contribution < -0.4 is 0 Å². The third kappa shape index (κ3) is 1.83. The summed E-state index contributed by atoms with van der Waals surface area (Å²) in [7, 11) is -3.34. The summed E-state index contributed by atoms with van der Waals surface area (Å²) in [5.41, 5.74) is 0.736. The zero-order chi connectivity index (χ0) is 11.6. The Morgan fingerprint density at radius 3 is 2.56 bits per heavy atom. The van der Waals surface area contributed by atoms with Crippen molar-refractivity contribution in [1.29, 1.82) is 0 Å². The predicted molar refractivity (Wildman–Crippen MR) is 59.1 cm³/mol. The first-order valence-corrected chi connectivity index (χ1v) is 6.48. The molecule has 1 aromatic heterocycles. The molecule has 2 aromatic rings. The van der Waals surface area contributed by atoms with Crippen molar-refractivity contribution in [2.24, 2.45) is 0 Å². The number of hydrogen-bond acceptors (Lipinski definition) is 4. The zero-order valence-corrected chi connectivity index (χ0v) is 9.55. The Kier molecular flexibility index (Phi) is 2.74. The van der Waals surface area contributed by atoms with Gasteiger partial charge in [0.25, 0.3) is 5.16 Å². The van der Waals surface area contributed by atoms with Crippen molar-refractivity contribution in [3.8, 4) is 5.69 Å². The first kappa shape index (κ1) is 10.8. The molecule has 1 aromatic carbocycles. The molecule has 2 rings (SSSR count). The summed E-state index contributed by atoms with van der Waals surface area (Å²) in [4.78, 5) is 0. The van der Waals surface area contributed by atoms with Gasteiger partial charge in [0.05, 0.1) is 5.75 Å². The maximum Gasteiger partial charge on any atom is 0.254 e. The monoisotopic (exact) mass is 237 g/mol. The van der Waals surface area contributed by atoms with Crippen LogP contribution in [0.5, 0.6) is 0 Å². The highest BCUT2D eigenvalue weighted by atomic mass is 32.2. The molecule has 0 saturated heterocycles. The molecule has 0 aliphatic carbocycles. The summed E-state index contributed by atoms with van der Waals surface area (Å²) in [6.45, 7) is 1.58. The summed E-state index contributed by atoms with van der Waals surface area (Å²) in [6, 6.07) is 9.13. The van der Waals surface area contributed by atoms with Crippen LogP contribution >= 0.6 is 0 Å². The van der Waals surface area contributed by atoms with Gasteiger partial charge in [-0.25, -0.2) is 8.42 Å². The lowest BCUT2D eigenvalue weighted by atomic mass is 10.3. The molecule has 0 fully saturated rings. The normalized spacial score (nSPS) is 11.6. The van der Waals surface area contributed by atoms with Crippen LogP contribution in [0.2, 0.25) is 0 Å². The van der Waals surface area contributed by atoms with E-state index in [0.29, 0.717) is 0 Å². The number of rotatable bonds is 3. The molecule has 0 radical (unpaired) electrons. The maximum absolute atomic E-state index is 11.7. The molecule has 0 N–H and O–H groups in total. The van der Waals surface area contributed by atoms with Crippen LogP contribution in [0.4, 0.5) is 0 Å². The van der Waals surface area contributed by atoms with E-state index < -0.39 is 9.84 Å². The Labute approximate surface area is 93.7 Å². The molecule has 6 heteroatoms. The predicted octanol–water partition coefficient (Wildman–Crippen LogP) is 1.06. The molecule has 16 heavy (non-hydrogen) atoms. The Hall–Kier alpha value is -1.69. The number of hydrogen-bond donors (Lipinski definition) is 0. The number of benzene rings is 1. The minimum atomic E-state index is -3.34. The van der Waals surface area contributed by atoms with E-state index >= 15 is 0 Å². The second-order valence-corrected chi connectivity index (χ2v) is 5.39. The fraction of sp³-hybridized carbons (Fsp3) is 0.200. The first-order valence-electron chi connectivity index (χ1n) is 4.83. The topological polar surface area (TPSA) is 64.8 Å². The molecule has 0 unspecified atom stereocenters. The van der Waals surface area contributed by atoms with Gasteiger partial charge in [0.1, 0.15) is 6.33 Å². The van der Waals surface area contributed by atoms with E-state index in [4.69, 9.17) is 0 Å². The van der Waals surface area contributed by atoms with E-state index in [1.807, 2.05) is 18.2 Å². The van der Waals surface area contributed by atoms with E-state index in [0.717, 1.165) is 5.69 Å². The zero-order valence-electron chi connectivity index (χ0n) is 8.74. The highest BCUT2D eigenvalue weighted by Crippen LogP contribution is 2.13. The highest BCUT2D eigenvalue weighted by molar-refractivity contribution is 7.91. The molecule has 0 saturated carbocycles. The van der Waals surface area contributed by atoms with Crippen molar-refractivity contribution in [1.82, 2.24) is 14.8 Å². The lowest BCUT2D eigenvalue weighted by molar-refractivity contribution is 0.584. The van der Waals surface area contributed by atoms with E-state index in [1.54, 1.807) is 19.1 Å². The minimum absolute atomic E-state index is 0.0124. The van der Waals surface area contributed by atoms with Crippen molar-refractivity contribution in [3.05, 3.63) is 36.7 Å². The third-order valence-corrected chi connectivity index (χ3v) is 3.80. The summed E-state index contributed by atoms with van der Waals surface area (Å²) in [6.07, 6.45) is 1.40. The van der Waals surface area contributed by atoms with Crippen molar-refractivity contribution < 1.29 is 8.42 Å². The number of sulfone groups is 1. The third-order valence-electron chi connectivity index (χ3n) is 2.21. The fourth-order valence-corrected chi connectivity index (χ4v) is 2.21. The molecule has 0 bridgehead atoms. The molecular formula is C10H11N3O2S. The SMILES string of the molecule is CCS(=O)(=O)c1nncn1-c1ccccc1. The minimum Gasteiger partial charge on any atom is -0.273 e. The Balaban J connectivity index is 2.58. The largest absolute Gasteiger partial charge is 0.273 e. The lowest BCUT2D eigenvalue weighted by Crippen LogP contribution is -2.11. The van der Waals surface area contributed by atoms with Gasteiger partial charge in [-0.3, -0.25) is 4.57 Å². The van der Waals surface area contributed by atoms with Gasteiger partial charge in [0.2, 0.25) is 9.84 Å². The standard InChI is InChI=1S/C10H11N3O2S/c1-2-16(14,15)10-12-11-8-13(10)9-6-4-3-5-7-9/h3-8H,2H2,1H3. The van der Waals surface area contributed by atoms with Crippen molar-refractivity contribution in [3.63, 3.8) is 0 Å². The number of para-hydroxylation sites is 1. The Bertz CT molecular complexity index is 575. The summed E-state index contributed by atoms with van der Waals surface area (Å²) < 4.78 is 24.9. The molecule has 0 aliphatic heterocycles. The van der Waals surface area contributed by atoms with Gasteiger partial charge in [-0.15, -0.1) is 10.2 Å². The molecule has 0 spiro atoms. The van der Waals surface area contributed by atoms with E-state index in [-0.39, 0.29) is 10.9 Å². The van der Waals surface area contributed by atoms with Crippen LogP contribution in [0, 0.1) is 0 Å². The van der Waals surface area contributed by atoms with Gasteiger partial charge in [-0.2, -0.15) is 0 Å². The van der Waals surface area contributed by atoms with E-state index in [1.165, 1.54) is 10.9 Å². The maximum atomic E-state index is 11.7. The van der Waals surface area contributed by atoms with Gasteiger partial charge >= 0.3 is 0 Å². The highest BCUT2D eigenvalue weighted by Gasteiger charge is 2.19. The molecule has 84 valence electrons. The Morgan fingerprint density at radius 1 is 1.25 bits per heavy atom. The van der Waals surface area contributed by atoms with Crippen molar-refractivity contribution in [2.75, 3.05) is 5.75 Å². The number of aromatic nitrogens is 3. The van der Waals surface area contributed by atoms with Gasteiger partial charge in [-0.05, 0) is 12.1 Å². The Morgan fingerprint density at radius 2 is 1.94 bits per heavy atom. The average Bonchev–Trinajstić information content (AvgIpc) is 2.80. The smallest absolute Gasteiger partial charge is 0.254 e. The first-order chi connectivity index (χ1) is 7.65. The van der Waals surface area contributed by atoms with Crippen LogP contribution in [0.15, 0.2) is 41.8 Å². The van der Waals surface area contributed by atoms with Gasteiger partial charge in [0.15, 0.2) is 0 Å². The molecule has 1 heterocycles. The number of nitrogens with zero attached hydrogens (tertiary/aromatic N) is 3. The lowest BCUT2D eigenvalue weighted by Gasteiger charge is -2.05. The summed E-state index contributed by atoms with van der Waals surface area (Å²) in [5.74, 6) is 0.0124. The van der Waals surface area contributed by atoms with E-state index in [2.05, 4.69) is 10.2 Å². The van der Waals surface area contributed by atoms with Gasteiger partial charge in [0, 0.05) is 5.69 Å². The molecule has 5 nitrogen and oxygen atoms in total. The average molecular weight is 237 g/mol. The van der Waals surface area contributed by atoms with Crippen molar-refractivity contribution >= 4 is 9.84 Å². The van der Waals surface area contributed by atoms with Crippen LogP contribution in [-0.4, -0.2) is 28.9 Å². The molecule has 0 atom stereocenters. The van der Waals surface area contributed by atoms with Gasteiger partial charge in [-0.1, -0.05) is 25.1 Å². The summed E-state index contributed by atoms with van der Waals surface area (Å²) in [5, 5.41) is 7.29. The van der Waals surface area contributed by atoms with Crippen LogP contribution in [-0.2, 0) is 9.84 Å². The quantitative estimate of drug-likeness (QED) is 0.800. The fourth-order valence-electron chi connectivity index (χ4n) is 1.33. The summed E-state index contributed by atoms with van der Waals surface area (Å²) >= 11 is 0. The van der Waals surface area contributed by atoms with Gasteiger partial charge < -0.3 is 0 Å². The van der Waals surface area contributed by atoms with E-state index in [9.17, 15) is 8.42 Å².